The Labute approximate surface area is 118 Å². The Bertz CT molecular complexity index is 285. The first-order valence-corrected chi connectivity index (χ1v) is 3.86. The third kappa shape index (κ3) is 79.7. The molecule has 4 N–H and O–H groups in total. The van der Waals surface area contributed by atoms with E-state index in [2.05, 4.69) is 0 Å². The molecular formula is C4H7FeNaO8S. The number of carboxylic acids is 2. The van der Waals surface area contributed by atoms with Crippen molar-refractivity contribution in [3.05, 3.63) is 12.2 Å². The van der Waals surface area contributed by atoms with Crippen molar-refractivity contribution in [2.75, 3.05) is 0 Å². The molecule has 15 heavy (non-hydrogen) atoms. The summed E-state index contributed by atoms with van der Waals surface area (Å²) in [6.45, 7) is 0. The normalized spacial score (nSPS) is 8.93. The number of hydrogen-bond donors (Lipinski definition) is 4. The van der Waals surface area contributed by atoms with Crippen molar-refractivity contribution in [2.45, 2.75) is 0 Å². The van der Waals surface area contributed by atoms with Crippen molar-refractivity contribution in [1.29, 1.82) is 0 Å². The molecule has 0 spiro atoms. The molecule has 0 amide bonds. The SMILES string of the molecule is O=C(O)/C=C/C(=O)O.O=S(=O)(O)O.[Fe].[NaH]. The zero-order valence-corrected chi connectivity index (χ0v) is 8.26. The number of carboxylic acid groups (broad SMARTS) is 2. The van der Waals surface area contributed by atoms with E-state index in [1.807, 2.05) is 0 Å². The van der Waals surface area contributed by atoms with Crippen LogP contribution in [0.2, 0.25) is 0 Å². The number of rotatable bonds is 2. The second-order valence-corrected chi connectivity index (χ2v) is 2.35. The van der Waals surface area contributed by atoms with Gasteiger partial charge in [-0.2, -0.15) is 8.42 Å². The predicted octanol–water partition coefficient (Wildman–Crippen LogP) is -1.59. The van der Waals surface area contributed by atoms with Crippen LogP contribution < -0.4 is 0 Å². The summed E-state index contributed by atoms with van der Waals surface area (Å²) in [5.41, 5.74) is 0. The van der Waals surface area contributed by atoms with E-state index in [4.69, 9.17) is 27.7 Å². The fourth-order valence-electron chi connectivity index (χ4n) is 0.143. The van der Waals surface area contributed by atoms with Gasteiger partial charge in [-0.05, 0) is 0 Å². The van der Waals surface area contributed by atoms with Gasteiger partial charge in [0.1, 0.15) is 0 Å². The van der Waals surface area contributed by atoms with Crippen molar-refractivity contribution in [1.82, 2.24) is 0 Å². The van der Waals surface area contributed by atoms with Crippen molar-refractivity contribution in [2.24, 2.45) is 0 Å². The van der Waals surface area contributed by atoms with Gasteiger partial charge in [0.25, 0.3) is 0 Å². The first-order chi connectivity index (χ1) is 5.63. The quantitative estimate of drug-likeness (QED) is 0.270. The van der Waals surface area contributed by atoms with Crippen molar-refractivity contribution in [3.63, 3.8) is 0 Å². The van der Waals surface area contributed by atoms with Gasteiger partial charge >= 0.3 is 51.9 Å². The van der Waals surface area contributed by atoms with Gasteiger partial charge in [0, 0.05) is 29.2 Å². The average molecular weight is 294 g/mol. The fourth-order valence-corrected chi connectivity index (χ4v) is 0.143. The molecule has 0 aromatic carbocycles. The monoisotopic (exact) mass is 294 g/mol. The summed E-state index contributed by atoms with van der Waals surface area (Å²) in [5, 5.41) is 15.6. The molecular weight excluding hydrogens is 287 g/mol. The van der Waals surface area contributed by atoms with Crippen molar-refractivity contribution in [3.8, 4) is 0 Å². The van der Waals surface area contributed by atoms with Crippen LogP contribution in [-0.2, 0) is 37.1 Å². The summed E-state index contributed by atoms with van der Waals surface area (Å²) < 4.78 is 31.6. The first-order valence-electron chi connectivity index (χ1n) is 2.46. The Hall–Kier alpha value is 0.0695. The molecule has 11 heteroatoms. The van der Waals surface area contributed by atoms with Crippen LogP contribution in [0.5, 0.6) is 0 Å². The van der Waals surface area contributed by atoms with E-state index in [-0.39, 0.29) is 46.6 Å². The molecule has 0 heterocycles. The maximum atomic E-state index is 9.55. The van der Waals surface area contributed by atoms with Crippen LogP contribution in [0.3, 0.4) is 0 Å². The van der Waals surface area contributed by atoms with E-state index in [1.54, 1.807) is 0 Å². The van der Waals surface area contributed by atoms with Gasteiger partial charge in [0.15, 0.2) is 0 Å². The Kier molecular flexibility index (Phi) is 19.7. The predicted molar refractivity (Wildman–Crippen MR) is 45.7 cm³/mol. The summed E-state index contributed by atoms with van der Waals surface area (Å²) >= 11 is 0. The molecule has 0 fully saturated rings. The van der Waals surface area contributed by atoms with Gasteiger partial charge in [0.2, 0.25) is 0 Å². The average Bonchev–Trinajstić information content (AvgIpc) is 1.79. The Balaban J connectivity index is -0.0000000770. The third-order valence-corrected chi connectivity index (χ3v) is 0.368. The van der Waals surface area contributed by atoms with Crippen LogP contribution in [0.15, 0.2) is 12.2 Å². The molecule has 86 valence electrons. The minimum atomic E-state index is -4.67. The molecule has 0 aromatic rings. The van der Waals surface area contributed by atoms with Crippen LogP contribution in [0, 0.1) is 0 Å². The van der Waals surface area contributed by atoms with E-state index in [9.17, 15) is 9.59 Å². The maximum absolute atomic E-state index is 9.55. The van der Waals surface area contributed by atoms with Crippen molar-refractivity contribution < 1.29 is 54.4 Å². The Morgan fingerprint density at radius 2 is 1.07 bits per heavy atom. The molecule has 0 atom stereocenters. The number of hydrogen-bond acceptors (Lipinski definition) is 4. The molecule has 8 nitrogen and oxygen atoms in total. The zero-order valence-electron chi connectivity index (χ0n) is 6.34. The van der Waals surface area contributed by atoms with Gasteiger partial charge in [-0.3, -0.25) is 9.11 Å². The van der Waals surface area contributed by atoms with Crippen LogP contribution >= 0.6 is 0 Å². The van der Waals surface area contributed by atoms with Gasteiger partial charge in [-0.25, -0.2) is 9.59 Å². The Morgan fingerprint density at radius 3 is 1.13 bits per heavy atom. The fraction of sp³-hybridized carbons (Fsp3) is 0. The molecule has 0 saturated carbocycles. The summed E-state index contributed by atoms with van der Waals surface area (Å²) in [4.78, 5) is 19.1. The molecule has 0 bridgehead atoms. The molecule has 0 aliphatic heterocycles. The molecule has 0 radical (unpaired) electrons. The van der Waals surface area contributed by atoms with E-state index < -0.39 is 22.3 Å². The summed E-state index contributed by atoms with van der Waals surface area (Å²) in [6.07, 6.45) is 1.12. The van der Waals surface area contributed by atoms with Gasteiger partial charge in [-0.1, -0.05) is 0 Å². The summed E-state index contributed by atoms with van der Waals surface area (Å²) in [5.74, 6) is -2.51. The van der Waals surface area contributed by atoms with E-state index in [0.717, 1.165) is 0 Å². The molecule has 0 rings (SSSR count). The van der Waals surface area contributed by atoms with E-state index in [1.165, 1.54) is 0 Å². The van der Waals surface area contributed by atoms with Crippen LogP contribution in [0.25, 0.3) is 0 Å². The molecule has 0 unspecified atom stereocenters. The molecule has 0 aromatic heterocycles. The Morgan fingerprint density at radius 1 is 0.933 bits per heavy atom. The molecule has 0 aliphatic carbocycles. The van der Waals surface area contributed by atoms with Crippen LogP contribution in [0.1, 0.15) is 0 Å². The van der Waals surface area contributed by atoms with E-state index in [0.29, 0.717) is 12.2 Å². The van der Waals surface area contributed by atoms with Crippen molar-refractivity contribution >= 4 is 51.9 Å². The standard InChI is InChI=1S/C4H4O4.Fe.Na.H2O4S.H/c5-3(6)1-2-4(7)8;;;1-5(2,3)4;/h1-2H,(H,5,6)(H,7,8);;;(H2,1,2,3,4);/b2-1+;;;;. The first kappa shape index (κ1) is 24.3. The zero-order chi connectivity index (χ0) is 11.1. The minimum absolute atomic E-state index is 0. The van der Waals surface area contributed by atoms with Gasteiger partial charge < -0.3 is 10.2 Å². The summed E-state index contributed by atoms with van der Waals surface area (Å²) in [7, 11) is -4.67. The van der Waals surface area contributed by atoms with Gasteiger partial charge in [-0.15, -0.1) is 0 Å². The summed E-state index contributed by atoms with van der Waals surface area (Å²) in [6, 6.07) is 0. The second-order valence-electron chi connectivity index (χ2n) is 1.46. The topological polar surface area (TPSA) is 149 Å². The number of aliphatic carboxylic acids is 2. The number of carbonyl (C=O) groups is 2. The third-order valence-electron chi connectivity index (χ3n) is 0.368. The van der Waals surface area contributed by atoms with E-state index >= 15 is 0 Å². The van der Waals surface area contributed by atoms with Gasteiger partial charge in [0.05, 0.1) is 0 Å². The van der Waals surface area contributed by atoms with Crippen LogP contribution in [0.4, 0.5) is 0 Å². The second kappa shape index (κ2) is 12.1. The van der Waals surface area contributed by atoms with Crippen LogP contribution in [-0.4, -0.2) is 69.2 Å². The molecule has 0 saturated heterocycles. The molecule has 0 aliphatic rings.